The number of rotatable bonds is 5. The van der Waals surface area contributed by atoms with Crippen LogP contribution in [0, 0.1) is 0 Å². The average Bonchev–Trinajstić information content (AvgIpc) is 3.14. The Bertz CT molecular complexity index is 963. The summed E-state index contributed by atoms with van der Waals surface area (Å²) >= 11 is 0. The number of hydrogen-bond acceptors (Lipinski definition) is 4. The van der Waals surface area contributed by atoms with E-state index in [1.54, 1.807) is 9.58 Å². The van der Waals surface area contributed by atoms with Crippen LogP contribution in [-0.2, 0) is 29.6 Å². The van der Waals surface area contributed by atoms with Crippen molar-refractivity contribution in [2.75, 3.05) is 25.0 Å². The van der Waals surface area contributed by atoms with Crippen LogP contribution in [0.4, 0.5) is 5.69 Å². The fourth-order valence-electron chi connectivity index (χ4n) is 4.37. The summed E-state index contributed by atoms with van der Waals surface area (Å²) in [5.41, 5.74) is 2.82. The molecule has 0 atom stereocenters. The second-order valence-corrected chi connectivity index (χ2v) is 8.22. The van der Waals surface area contributed by atoms with Crippen molar-refractivity contribution in [2.45, 2.75) is 45.1 Å². The molecule has 4 rings (SSSR count). The molecule has 0 spiro atoms. The van der Waals surface area contributed by atoms with Gasteiger partial charge < -0.3 is 15.1 Å². The summed E-state index contributed by atoms with van der Waals surface area (Å²) in [6.45, 7) is 2.52. The molecule has 0 aliphatic carbocycles. The lowest BCUT2D eigenvalue weighted by Gasteiger charge is -2.29. The second-order valence-electron chi connectivity index (χ2n) is 8.22. The Morgan fingerprint density at radius 3 is 2.32 bits per heavy atom. The van der Waals surface area contributed by atoms with Crippen LogP contribution < -0.4 is 5.32 Å². The number of hydrogen-bond donors (Lipinski definition) is 1. The molecule has 1 saturated heterocycles. The van der Waals surface area contributed by atoms with Crippen LogP contribution in [0.5, 0.6) is 0 Å². The number of nitrogens with one attached hydrogen (secondary N) is 1. The topological polar surface area (TPSA) is 87.5 Å². The highest BCUT2D eigenvalue weighted by molar-refractivity contribution is 6.04. The highest BCUT2D eigenvalue weighted by atomic mass is 16.2. The van der Waals surface area contributed by atoms with Crippen LogP contribution in [0.15, 0.2) is 30.3 Å². The van der Waals surface area contributed by atoms with E-state index >= 15 is 0 Å². The van der Waals surface area contributed by atoms with Crippen molar-refractivity contribution in [3.05, 3.63) is 47.3 Å². The molecule has 1 N–H and O–H groups in total. The number of benzene rings is 1. The van der Waals surface area contributed by atoms with E-state index in [2.05, 4.69) is 10.4 Å². The Hall–Kier alpha value is -3.16. The van der Waals surface area contributed by atoms with E-state index in [-0.39, 0.29) is 30.6 Å². The highest BCUT2D eigenvalue weighted by Gasteiger charge is 2.29. The van der Waals surface area contributed by atoms with E-state index < -0.39 is 0 Å². The van der Waals surface area contributed by atoms with Gasteiger partial charge in [-0.15, -0.1) is 0 Å². The number of aromatic nitrogens is 2. The van der Waals surface area contributed by atoms with Gasteiger partial charge >= 0.3 is 0 Å². The fraction of sp³-hybridized carbons (Fsp3) is 0.478. The number of likely N-dealkylation sites (tertiary alicyclic amines) is 1. The SMILES string of the molecule is Cn1nc(C(=O)Nc2ccccc2)c2c1CCN(C(=O)CCC(=O)N1CCCCC1)C2. The number of fused-ring (bicyclic) bond motifs is 1. The van der Waals surface area contributed by atoms with Crippen molar-refractivity contribution < 1.29 is 14.4 Å². The van der Waals surface area contributed by atoms with E-state index in [4.69, 9.17) is 0 Å². The van der Waals surface area contributed by atoms with E-state index in [1.807, 2.05) is 42.3 Å². The molecule has 3 heterocycles. The van der Waals surface area contributed by atoms with Crippen LogP contribution in [0.1, 0.15) is 53.8 Å². The molecule has 164 valence electrons. The summed E-state index contributed by atoms with van der Waals surface area (Å²) in [6, 6.07) is 9.24. The second kappa shape index (κ2) is 9.32. The fourth-order valence-corrected chi connectivity index (χ4v) is 4.37. The van der Waals surface area contributed by atoms with Gasteiger partial charge in [-0.1, -0.05) is 18.2 Å². The van der Waals surface area contributed by atoms with Crippen molar-refractivity contribution in [1.82, 2.24) is 19.6 Å². The Labute approximate surface area is 182 Å². The smallest absolute Gasteiger partial charge is 0.276 e. The molecule has 2 aromatic rings. The molecule has 0 radical (unpaired) electrons. The van der Waals surface area contributed by atoms with Crippen LogP contribution >= 0.6 is 0 Å². The van der Waals surface area contributed by atoms with Crippen LogP contribution in [0.3, 0.4) is 0 Å². The summed E-state index contributed by atoms with van der Waals surface area (Å²) in [6.07, 6.45) is 4.35. The number of carbonyl (C=O) groups is 3. The first kappa shape index (κ1) is 21.1. The summed E-state index contributed by atoms with van der Waals surface area (Å²) < 4.78 is 1.73. The Morgan fingerprint density at radius 2 is 1.61 bits per heavy atom. The van der Waals surface area contributed by atoms with Crippen molar-refractivity contribution in [1.29, 1.82) is 0 Å². The minimum absolute atomic E-state index is 0.0470. The molecule has 8 heteroatoms. The van der Waals surface area contributed by atoms with Gasteiger partial charge in [-0.05, 0) is 31.4 Å². The molecular formula is C23H29N5O3. The molecule has 31 heavy (non-hydrogen) atoms. The van der Waals surface area contributed by atoms with Crippen LogP contribution in [-0.4, -0.2) is 56.9 Å². The Kier molecular flexibility index (Phi) is 6.34. The van der Waals surface area contributed by atoms with Crippen molar-refractivity contribution >= 4 is 23.4 Å². The van der Waals surface area contributed by atoms with Gasteiger partial charge in [0.15, 0.2) is 5.69 Å². The maximum atomic E-state index is 12.8. The van der Waals surface area contributed by atoms with E-state index in [1.165, 1.54) is 6.42 Å². The van der Waals surface area contributed by atoms with Crippen molar-refractivity contribution in [3.63, 3.8) is 0 Å². The lowest BCUT2D eigenvalue weighted by Crippen LogP contribution is -2.39. The number of aryl methyl sites for hydroxylation is 1. The van der Waals surface area contributed by atoms with Gasteiger partial charge in [0.05, 0.1) is 0 Å². The number of nitrogens with zero attached hydrogens (tertiary/aromatic N) is 4. The summed E-state index contributed by atoms with van der Waals surface area (Å²) in [5, 5.41) is 7.30. The molecule has 0 bridgehead atoms. The number of para-hydroxylation sites is 1. The Morgan fingerprint density at radius 1 is 0.935 bits per heavy atom. The zero-order valence-electron chi connectivity index (χ0n) is 18.0. The molecule has 2 aliphatic heterocycles. The number of amides is 3. The van der Waals surface area contributed by atoms with Crippen molar-refractivity contribution in [3.8, 4) is 0 Å². The molecule has 3 amide bonds. The third kappa shape index (κ3) is 4.78. The monoisotopic (exact) mass is 423 g/mol. The maximum absolute atomic E-state index is 12.8. The zero-order valence-corrected chi connectivity index (χ0v) is 18.0. The first-order chi connectivity index (χ1) is 15.0. The van der Waals surface area contributed by atoms with E-state index in [9.17, 15) is 14.4 Å². The molecule has 1 aromatic carbocycles. The van der Waals surface area contributed by atoms with Gasteiger partial charge in [-0.25, -0.2) is 0 Å². The quantitative estimate of drug-likeness (QED) is 0.800. The molecule has 8 nitrogen and oxygen atoms in total. The molecule has 0 saturated carbocycles. The molecular weight excluding hydrogens is 394 g/mol. The summed E-state index contributed by atoms with van der Waals surface area (Å²) in [4.78, 5) is 41.6. The van der Waals surface area contributed by atoms with Gasteiger partial charge in [-0.3, -0.25) is 19.1 Å². The maximum Gasteiger partial charge on any atom is 0.276 e. The summed E-state index contributed by atoms with van der Waals surface area (Å²) in [7, 11) is 1.83. The van der Waals surface area contributed by atoms with Gasteiger partial charge in [0.25, 0.3) is 5.91 Å². The van der Waals surface area contributed by atoms with Crippen LogP contribution in [0.2, 0.25) is 0 Å². The highest BCUT2D eigenvalue weighted by Crippen LogP contribution is 2.24. The summed E-state index contributed by atoms with van der Waals surface area (Å²) in [5.74, 6) is -0.262. The van der Waals surface area contributed by atoms with Gasteiger partial charge in [0.2, 0.25) is 11.8 Å². The standard InChI is InChI=1S/C23H29N5O3/c1-26-19-12-15-28(21(30)11-10-20(29)27-13-6-3-7-14-27)16-18(19)22(25-26)23(31)24-17-8-4-2-5-9-17/h2,4-5,8-9H,3,6-7,10-16H2,1H3,(H,24,31). The first-order valence-corrected chi connectivity index (χ1v) is 11.0. The van der Waals surface area contributed by atoms with Crippen LogP contribution in [0.25, 0.3) is 0 Å². The first-order valence-electron chi connectivity index (χ1n) is 11.0. The van der Waals surface area contributed by atoms with E-state index in [0.717, 1.165) is 37.2 Å². The van der Waals surface area contributed by atoms with Gasteiger partial charge in [0.1, 0.15) is 0 Å². The minimum atomic E-state index is -0.280. The normalized spacial score (nSPS) is 16.0. The van der Waals surface area contributed by atoms with Crippen molar-refractivity contribution in [2.24, 2.45) is 7.05 Å². The predicted molar refractivity (Wildman–Crippen MR) is 116 cm³/mol. The lowest BCUT2D eigenvalue weighted by atomic mass is 10.0. The van der Waals surface area contributed by atoms with E-state index in [0.29, 0.717) is 30.9 Å². The predicted octanol–water partition coefficient (Wildman–Crippen LogP) is 2.35. The third-order valence-corrected chi connectivity index (χ3v) is 6.10. The van der Waals surface area contributed by atoms with Gasteiger partial charge in [-0.2, -0.15) is 5.10 Å². The molecule has 1 aromatic heterocycles. The third-order valence-electron chi connectivity index (χ3n) is 6.10. The molecule has 2 aliphatic rings. The largest absolute Gasteiger partial charge is 0.343 e. The molecule has 0 unspecified atom stereocenters. The number of piperidine rings is 1. The average molecular weight is 424 g/mol. The number of anilines is 1. The van der Waals surface area contributed by atoms with Gasteiger partial charge in [0, 0.05) is 69.4 Å². The number of carbonyl (C=O) groups excluding carboxylic acids is 3. The molecule has 1 fully saturated rings. The zero-order chi connectivity index (χ0) is 21.8. The minimum Gasteiger partial charge on any atom is -0.343 e. The Balaban J connectivity index is 1.39. The lowest BCUT2D eigenvalue weighted by molar-refractivity contribution is -0.138.